The number of hydrogen-bond donors (Lipinski definition) is 4. The first kappa shape index (κ1) is 41.9. The second-order valence-corrected chi connectivity index (χ2v) is 15.6. The van der Waals surface area contributed by atoms with Crippen LogP contribution in [0.25, 0.3) is 5.57 Å². The van der Waals surface area contributed by atoms with E-state index in [0.717, 1.165) is 78.0 Å². The number of nitriles is 1. The Morgan fingerprint density at radius 3 is 2.51 bits per heavy atom. The molecule has 0 saturated heterocycles. The summed E-state index contributed by atoms with van der Waals surface area (Å²) in [5, 5.41) is 42.5. The van der Waals surface area contributed by atoms with E-state index in [2.05, 4.69) is 72.4 Å². The molecule has 2 aliphatic rings. The van der Waals surface area contributed by atoms with E-state index >= 15 is 0 Å². The quantitative estimate of drug-likeness (QED) is 0.0795. The third-order valence-corrected chi connectivity index (χ3v) is 11.0. The van der Waals surface area contributed by atoms with Gasteiger partial charge in [-0.3, -0.25) is 9.88 Å². The Morgan fingerprint density at radius 1 is 1.00 bits per heavy atom. The first-order valence-corrected chi connectivity index (χ1v) is 19.3. The summed E-state index contributed by atoms with van der Waals surface area (Å²) in [4.78, 5) is 6.57. The van der Waals surface area contributed by atoms with E-state index in [1.165, 1.54) is 11.8 Å². The van der Waals surface area contributed by atoms with Crippen molar-refractivity contribution in [2.75, 3.05) is 46.1 Å². The molecule has 3 aromatic rings. The van der Waals surface area contributed by atoms with Crippen molar-refractivity contribution in [2.24, 2.45) is 5.41 Å². The topological polar surface area (TPSA) is 140 Å². The average molecular weight is 771 g/mol. The normalized spacial score (nSPS) is 17.6. The number of aliphatic hydroxyl groups is 3. The van der Waals surface area contributed by atoms with Gasteiger partial charge in [0.1, 0.15) is 30.8 Å². The lowest BCUT2D eigenvalue weighted by atomic mass is 9.88. The Kier molecular flexibility index (Phi) is 14.6. The van der Waals surface area contributed by atoms with E-state index in [9.17, 15) is 20.6 Å². The summed E-state index contributed by atoms with van der Waals surface area (Å²) in [5.74, 6) is 1.99. The van der Waals surface area contributed by atoms with Gasteiger partial charge in [0, 0.05) is 67.6 Å². The van der Waals surface area contributed by atoms with Crippen LogP contribution in [0.3, 0.4) is 0 Å². The molecular weight excluding hydrogens is 716 g/mol. The van der Waals surface area contributed by atoms with Crippen LogP contribution in [0.5, 0.6) is 11.5 Å². The maximum atomic E-state index is 9.84. The van der Waals surface area contributed by atoms with Gasteiger partial charge in [0.15, 0.2) is 0 Å². The van der Waals surface area contributed by atoms with Gasteiger partial charge in [-0.2, -0.15) is 5.26 Å². The molecule has 2 aromatic carbocycles. The minimum atomic E-state index is -0.910. The van der Waals surface area contributed by atoms with Crippen LogP contribution < -0.4 is 14.8 Å². The van der Waals surface area contributed by atoms with Gasteiger partial charge in [-0.25, -0.2) is 0 Å². The van der Waals surface area contributed by atoms with Crippen LogP contribution in [0.15, 0.2) is 72.3 Å². The third kappa shape index (κ3) is 10.6. The van der Waals surface area contributed by atoms with Gasteiger partial charge >= 0.3 is 0 Å². The van der Waals surface area contributed by atoms with Crippen molar-refractivity contribution in [3.63, 3.8) is 0 Å². The van der Waals surface area contributed by atoms with E-state index in [1.807, 2.05) is 13.0 Å². The summed E-state index contributed by atoms with van der Waals surface area (Å²) >= 11 is 6.81. The van der Waals surface area contributed by atoms with Gasteiger partial charge in [-0.05, 0) is 80.0 Å². The van der Waals surface area contributed by atoms with Crippen molar-refractivity contribution in [3.8, 4) is 17.6 Å². The van der Waals surface area contributed by atoms with Gasteiger partial charge in [0.2, 0.25) is 0 Å². The van der Waals surface area contributed by atoms with E-state index in [1.54, 1.807) is 25.3 Å². The largest absolute Gasteiger partial charge is 0.498 e. The van der Waals surface area contributed by atoms with Crippen LogP contribution in [-0.4, -0.2) is 76.8 Å². The van der Waals surface area contributed by atoms with Crippen molar-refractivity contribution >= 4 is 17.2 Å². The molecule has 1 aliphatic heterocycles. The maximum Gasteiger partial charge on any atom is 0.142 e. The molecule has 0 amide bonds. The van der Waals surface area contributed by atoms with E-state index < -0.39 is 5.54 Å². The van der Waals surface area contributed by atoms with Gasteiger partial charge in [0.05, 0.1) is 48.3 Å². The van der Waals surface area contributed by atoms with Crippen LogP contribution in [0.4, 0.5) is 0 Å². The minimum absolute atomic E-state index is 0.150. The molecule has 11 heteroatoms. The van der Waals surface area contributed by atoms with Crippen molar-refractivity contribution in [2.45, 2.75) is 79.2 Å². The third-order valence-electron chi connectivity index (χ3n) is 10.7. The first-order valence-electron chi connectivity index (χ1n) is 18.9. The van der Waals surface area contributed by atoms with Crippen LogP contribution >= 0.6 is 11.6 Å². The fraction of sp³-hybridized carbons (Fsp3) is 0.455. The van der Waals surface area contributed by atoms with Crippen molar-refractivity contribution in [1.29, 1.82) is 5.26 Å². The summed E-state index contributed by atoms with van der Waals surface area (Å²) in [6.07, 6.45) is 12.5. The maximum absolute atomic E-state index is 9.84. The summed E-state index contributed by atoms with van der Waals surface area (Å²) < 4.78 is 19.1. The Hall–Kier alpha value is -4.21. The molecule has 0 fully saturated rings. The molecule has 5 rings (SSSR count). The number of ether oxygens (including phenoxy) is 3. The van der Waals surface area contributed by atoms with Crippen molar-refractivity contribution in [1.82, 2.24) is 15.2 Å². The number of pyridine rings is 1. The molecule has 4 N–H and O–H groups in total. The molecule has 1 aliphatic carbocycles. The number of nitrogens with one attached hydrogen (secondary N) is 1. The molecule has 2 heterocycles. The Labute approximate surface area is 330 Å². The van der Waals surface area contributed by atoms with Crippen molar-refractivity contribution < 1.29 is 29.5 Å². The lowest BCUT2D eigenvalue weighted by Gasteiger charge is -2.35. The number of aromatic nitrogens is 1. The highest BCUT2D eigenvalue weighted by atomic mass is 35.5. The van der Waals surface area contributed by atoms with Gasteiger partial charge in [0.25, 0.3) is 0 Å². The standard InChI is InChI=1S/C44H55ClN4O6/c1-30-35(20-46)21-47-22-36(30)25-54-41-19-42(39(45)18-34(41)23-48-44(5,28-51)29-52)55-24-33-10-6-11-37(31(33)2)38-12-7-13-40(32(38)3)53-17-9-16-49-15-8-14-43(4,26-49)27-50/h6,8,10-12,14,18-19,21-22,48,50-52H,7,9,13,15-17,23-29H2,1-5H3/t43-/m1/s1. The highest BCUT2D eigenvalue weighted by Gasteiger charge is 2.27. The number of rotatable bonds is 18. The smallest absolute Gasteiger partial charge is 0.142 e. The first-order chi connectivity index (χ1) is 26.4. The van der Waals surface area contributed by atoms with Gasteiger partial charge in [-0.15, -0.1) is 0 Å². The molecule has 0 unspecified atom stereocenters. The highest BCUT2D eigenvalue weighted by molar-refractivity contribution is 6.32. The summed E-state index contributed by atoms with van der Waals surface area (Å²) in [6, 6.07) is 12.0. The molecular formula is C44H55ClN4O6. The van der Waals surface area contributed by atoms with E-state index in [4.69, 9.17) is 25.8 Å². The number of benzene rings is 2. The number of nitrogens with zero attached hydrogens (tertiary/aromatic N) is 3. The second-order valence-electron chi connectivity index (χ2n) is 15.2. The predicted octanol–water partition coefficient (Wildman–Crippen LogP) is 6.94. The van der Waals surface area contributed by atoms with Crippen LogP contribution in [0.2, 0.25) is 5.02 Å². The lowest BCUT2D eigenvalue weighted by molar-refractivity contribution is 0.103. The predicted molar refractivity (Wildman–Crippen MR) is 216 cm³/mol. The Balaban J connectivity index is 1.29. The summed E-state index contributed by atoms with van der Waals surface area (Å²) in [7, 11) is 0. The molecule has 0 bridgehead atoms. The average Bonchev–Trinajstić information content (AvgIpc) is 3.19. The number of hydrogen-bond acceptors (Lipinski definition) is 10. The zero-order chi connectivity index (χ0) is 39.6. The lowest BCUT2D eigenvalue weighted by Crippen LogP contribution is -2.48. The molecule has 1 aromatic heterocycles. The fourth-order valence-electron chi connectivity index (χ4n) is 6.90. The van der Waals surface area contributed by atoms with Crippen LogP contribution in [0, 0.1) is 30.6 Å². The zero-order valence-corrected chi connectivity index (χ0v) is 33.5. The number of aliphatic hydroxyl groups excluding tert-OH is 3. The molecule has 0 saturated carbocycles. The SMILES string of the molecule is CC1=C(OCCCN2CC=C[C@@](C)(CO)C2)CCC=C1c1cccc(COc2cc(OCc3cncc(C#N)c3C)c(CNC(C)(CO)CO)cc2Cl)c1C. The van der Waals surface area contributed by atoms with E-state index in [0.29, 0.717) is 34.3 Å². The molecule has 294 valence electrons. The summed E-state index contributed by atoms with van der Waals surface area (Å²) in [5.41, 5.74) is 7.26. The minimum Gasteiger partial charge on any atom is -0.498 e. The molecule has 10 nitrogen and oxygen atoms in total. The Bertz CT molecular complexity index is 1950. The van der Waals surface area contributed by atoms with Crippen molar-refractivity contribution in [3.05, 3.63) is 116 Å². The monoisotopic (exact) mass is 770 g/mol. The second kappa shape index (κ2) is 19.1. The van der Waals surface area contributed by atoms with Crippen LogP contribution in [-0.2, 0) is 24.5 Å². The molecule has 55 heavy (non-hydrogen) atoms. The molecule has 1 atom stereocenters. The zero-order valence-electron chi connectivity index (χ0n) is 32.8. The Morgan fingerprint density at radius 2 is 1.76 bits per heavy atom. The van der Waals surface area contributed by atoms with E-state index in [-0.39, 0.29) is 45.0 Å². The fourth-order valence-corrected chi connectivity index (χ4v) is 7.14. The number of allylic oxidation sites excluding steroid dienone is 4. The van der Waals surface area contributed by atoms with Crippen LogP contribution in [0.1, 0.15) is 79.0 Å². The molecule has 0 radical (unpaired) electrons. The number of halogens is 1. The summed E-state index contributed by atoms with van der Waals surface area (Å²) in [6.45, 7) is 13.6. The molecule has 0 spiro atoms. The van der Waals surface area contributed by atoms with Gasteiger partial charge < -0.3 is 34.8 Å². The van der Waals surface area contributed by atoms with Gasteiger partial charge in [-0.1, -0.05) is 55.0 Å². The highest BCUT2D eigenvalue weighted by Crippen LogP contribution is 2.37.